The highest BCUT2D eigenvalue weighted by Gasteiger charge is 2.02. The molecular weight excluding hydrogens is 210 g/mol. The fourth-order valence-corrected chi connectivity index (χ4v) is 1.10. The summed E-state index contributed by atoms with van der Waals surface area (Å²) < 4.78 is 14.5. The van der Waals surface area contributed by atoms with E-state index in [9.17, 15) is 4.79 Å². The fourth-order valence-electron chi connectivity index (χ4n) is 1.10. The number of esters is 1. The van der Waals surface area contributed by atoms with E-state index in [0.717, 1.165) is 13.1 Å². The van der Waals surface area contributed by atoms with Crippen molar-refractivity contribution >= 4 is 5.97 Å². The summed E-state index contributed by atoms with van der Waals surface area (Å²) in [5, 5.41) is 0. The van der Waals surface area contributed by atoms with Crippen molar-refractivity contribution in [2.45, 2.75) is 0 Å². The van der Waals surface area contributed by atoms with E-state index in [-0.39, 0.29) is 5.97 Å². The summed E-state index contributed by atoms with van der Waals surface area (Å²) in [5.74, 6) is -0.335. The highest BCUT2D eigenvalue weighted by atomic mass is 16.5. The zero-order chi connectivity index (χ0) is 12.2. The lowest BCUT2D eigenvalue weighted by Gasteiger charge is -2.19. The predicted octanol–water partition coefficient (Wildman–Crippen LogP) is 0.310. The van der Waals surface area contributed by atoms with Gasteiger partial charge in [-0.25, -0.2) is 4.79 Å². The second-order valence-corrected chi connectivity index (χ2v) is 3.21. The lowest BCUT2D eigenvalue weighted by molar-refractivity contribution is -0.134. The number of ether oxygens (including phenoxy) is 3. The first-order chi connectivity index (χ1) is 7.74. The van der Waals surface area contributed by atoms with Gasteiger partial charge in [-0.3, -0.25) is 4.90 Å². The molecule has 0 aliphatic heterocycles. The largest absolute Gasteiger partial charge is 0.466 e. The van der Waals surface area contributed by atoms with Crippen LogP contribution in [0.3, 0.4) is 0 Å². The van der Waals surface area contributed by atoms with Crippen LogP contribution in [0.1, 0.15) is 0 Å². The molecule has 0 unspecified atom stereocenters. The molecule has 0 spiro atoms. The number of hydrogen-bond donors (Lipinski definition) is 0. The molecule has 0 amide bonds. The third-order valence-corrected chi connectivity index (χ3v) is 2.04. The smallest absolute Gasteiger partial charge is 0.330 e. The molecule has 0 aliphatic rings. The minimum absolute atomic E-state index is 0.335. The molecule has 0 rings (SSSR count). The Bertz CT molecular complexity index is 198. The molecule has 0 aromatic rings. The van der Waals surface area contributed by atoms with Gasteiger partial charge < -0.3 is 14.2 Å². The Morgan fingerprint density at radius 2 is 1.69 bits per heavy atom. The van der Waals surface area contributed by atoms with E-state index in [4.69, 9.17) is 9.47 Å². The Hall–Kier alpha value is -0.910. The molecule has 5 nitrogen and oxygen atoms in total. The summed E-state index contributed by atoms with van der Waals surface area (Å²) in [6.45, 7) is 3.63. The maximum Gasteiger partial charge on any atom is 0.330 e. The first-order valence-corrected chi connectivity index (χ1v) is 5.19. The first-order valence-electron chi connectivity index (χ1n) is 5.19. The summed E-state index contributed by atoms with van der Waals surface area (Å²) in [6, 6.07) is 0. The Kier molecular flexibility index (Phi) is 10.00. The summed E-state index contributed by atoms with van der Waals surface area (Å²) >= 11 is 0. The monoisotopic (exact) mass is 231 g/mol. The number of carbonyl (C=O) groups excluding carboxylic acids is 1. The second kappa shape index (κ2) is 10.6. The minimum atomic E-state index is -0.335. The standard InChI is InChI=1S/C11H21NO4/c1-14-9-7-12(8-10-15-2)6-4-5-11(13)16-3/h4-5H,6-10H2,1-3H3/b5-4+. The van der Waals surface area contributed by atoms with E-state index < -0.39 is 0 Å². The van der Waals surface area contributed by atoms with Crippen molar-refractivity contribution in [3.63, 3.8) is 0 Å². The van der Waals surface area contributed by atoms with Crippen LogP contribution >= 0.6 is 0 Å². The molecule has 0 aromatic heterocycles. The molecule has 0 radical (unpaired) electrons. The van der Waals surface area contributed by atoms with E-state index >= 15 is 0 Å². The van der Waals surface area contributed by atoms with E-state index in [2.05, 4.69) is 9.64 Å². The van der Waals surface area contributed by atoms with E-state index in [1.807, 2.05) is 0 Å². The van der Waals surface area contributed by atoms with Gasteiger partial charge in [0.05, 0.1) is 20.3 Å². The van der Waals surface area contributed by atoms with Crippen molar-refractivity contribution in [2.24, 2.45) is 0 Å². The molecule has 0 bridgehead atoms. The van der Waals surface area contributed by atoms with Gasteiger partial charge in [0.2, 0.25) is 0 Å². The Morgan fingerprint density at radius 1 is 1.12 bits per heavy atom. The van der Waals surface area contributed by atoms with Crippen molar-refractivity contribution < 1.29 is 19.0 Å². The molecule has 16 heavy (non-hydrogen) atoms. The van der Waals surface area contributed by atoms with Crippen LogP contribution < -0.4 is 0 Å². The molecule has 5 heteroatoms. The number of nitrogens with zero attached hydrogens (tertiary/aromatic N) is 1. The first kappa shape index (κ1) is 15.1. The molecule has 0 saturated heterocycles. The van der Waals surface area contributed by atoms with E-state index in [1.165, 1.54) is 13.2 Å². The summed E-state index contributed by atoms with van der Waals surface area (Å²) in [6.07, 6.45) is 3.20. The number of hydrogen-bond acceptors (Lipinski definition) is 5. The highest BCUT2D eigenvalue weighted by molar-refractivity contribution is 5.81. The average Bonchev–Trinajstić information content (AvgIpc) is 2.31. The van der Waals surface area contributed by atoms with Crippen LogP contribution in [0.5, 0.6) is 0 Å². The van der Waals surface area contributed by atoms with Crippen LogP contribution in [-0.2, 0) is 19.0 Å². The molecule has 0 aromatic carbocycles. The fraction of sp³-hybridized carbons (Fsp3) is 0.727. The summed E-state index contributed by atoms with van der Waals surface area (Å²) in [4.78, 5) is 13.0. The van der Waals surface area contributed by atoms with Gasteiger partial charge >= 0.3 is 5.97 Å². The molecular formula is C11H21NO4. The third-order valence-electron chi connectivity index (χ3n) is 2.04. The van der Waals surface area contributed by atoms with Gasteiger partial charge in [0.1, 0.15) is 0 Å². The van der Waals surface area contributed by atoms with Crippen molar-refractivity contribution in [3.8, 4) is 0 Å². The Labute approximate surface area is 97.0 Å². The van der Waals surface area contributed by atoms with Crippen molar-refractivity contribution in [3.05, 3.63) is 12.2 Å². The molecule has 0 aliphatic carbocycles. The molecule has 0 heterocycles. The van der Waals surface area contributed by atoms with Gasteiger partial charge in [0.25, 0.3) is 0 Å². The summed E-state index contributed by atoms with van der Waals surface area (Å²) in [5.41, 5.74) is 0. The normalized spacial score (nSPS) is 11.2. The zero-order valence-corrected chi connectivity index (χ0v) is 10.3. The van der Waals surface area contributed by atoms with E-state index in [1.54, 1.807) is 20.3 Å². The zero-order valence-electron chi connectivity index (χ0n) is 10.3. The molecule has 0 fully saturated rings. The van der Waals surface area contributed by atoms with Crippen LogP contribution in [0.25, 0.3) is 0 Å². The maximum atomic E-state index is 10.8. The van der Waals surface area contributed by atoms with Gasteiger partial charge in [-0.1, -0.05) is 6.08 Å². The van der Waals surface area contributed by atoms with Gasteiger partial charge in [0.15, 0.2) is 0 Å². The van der Waals surface area contributed by atoms with Crippen LogP contribution in [-0.4, -0.2) is 65.0 Å². The second-order valence-electron chi connectivity index (χ2n) is 3.21. The maximum absolute atomic E-state index is 10.8. The highest BCUT2D eigenvalue weighted by Crippen LogP contribution is 1.90. The molecule has 0 N–H and O–H groups in total. The lowest BCUT2D eigenvalue weighted by Crippen LogP contribution is -2.31. The van der Waals surface area contributed by atoms with Gasteiger partial charge in [-0.2, -0.15) is 0 Å². The number of carbonyl (C=O) groups is 1. The number of methoxy groups -OCH3 is 3. The van der Waals surface area contributed by atoms with Crippen molar-refractivity contribution in [2.75, 3.05) is 54.2 Å². The average molecular weight is 231 g/mol. The van der Waals surface area contributed by atoms with Crippen LogP contribution in [0.4, 0.5) is 0 Å². The van der Waals surface area contributed by atoms with Crippen LogP contribution in [0, 0.1) is 0 Å². The molecule has 94 valence electrons. The van der Waals surface area contributed by atoms with Crippen molar-refractivity contribution in [1.82, 2.24) is 4.90 Å². The Morgan fingerprint density at radius 3 is 2.12 bits per heavy atom. The number of rotatable bonds is 9. The minimum Gasteiger partial charge on any atom is -0.466 e. The van der Waals surface area contributed by atoms with Crippen LogP contribution in [0.2, 0.25) is 0 Å². The molecule has 0 saturated carbocycles. The Balaban J connectivity index is 3.89. The third kappa shape index (κ3) is 8.40. The lowest BCUT2D eigenvalue weighted by atomic mass is 10.4. The summed E-state index contributed by atoms with van der Waals surface area (Å²) in [7, 11) is 4.69. The predicted molar refractivity (Wildman–Crippen MR) is 61.3 cm³/mol. The molecule has 0 atom stereocenters. The van der Waals surface area contributed by atoms with Gasteiger partial charge in [-0.15, -0.1) is 0 Å². The van der Waals surface area contributed by atoms with Crippen molar-refractivity contribution in [1.29, 1.82) is 0 Å². The van der Waals surface area contributed by atoms with Gasteiger partial charge in [0, 0.05) is 39.9 Å². The van der Waals surface area contributed by atoms with Gasteiger partial charge in [-0.05, 0) is 0 Å². The quantitative estimate of drug-likeness (QED) is 0.422. The SMILES string of the molecule is COCCN(C/C=C/C(=O)OC)CCOC. The topological polar surface area (TPSA) is 48.0 Å². The van der Waals surface area contributed by atoms with Crippen LogP contribution in [0.15, 0.2) is 12.2 Å². The van der Waals surface area contributed by atoms with E-state index in [0.29, 0.717) is 19.8 Å².